The van der Waals surface area contributed by atoms with Gasteiger partial charge in [0.05, 0.1) is 16.9 Å². The molecule has 4 heteroatoms. The quantitative estimate of drug-likeness (QED) is 0.107. The van der Waals surface area contributed by atoms with Gasteiger partial charge in [-0.25, -0.2) is 0 Å². The average molecular weight is 724 g/mol. The van der Waals surface area contributed by atoms with Crippen LogP contribution >= 0.6 is 11.8 Å². The highest BCUT2D eigenvalue weighted by molar-refractivity contribution is 8.03. The van der Waals surface area contributed by atoms with Crippen molar-refractivity contribution in [2.45, 2.75) is 51.0 Å². The fourth-order valence-corrected chi connectivity index (χ4v) is 8.55. The molecule has 7 rings (SSSR count). The van der Waals surface area contributed by atoms with Gasteiger partial charge in [-0.2, -0.15) is 0 Å². The number of nitrogens with zero attached hydrogens (tertiary/aromatic N) is 2. The van der Waals surface area contributed by atoms with Crippen LogP contribution in [-0.4, -0.2) is 18.7 Å². The molecule has 0 radical (unpaired) electrons. The fourth-order valence-electron chi connectivity index (χ4n) is 7.39. The molecule has 1 aliphatic carbocycles. The van der Waals surface area contributed by atoms with Gasteiger partial charge in [0, 0.05) is 27.1 Å². The number of thioether (sulfide) groups is 1. The number of aryl methyl sites for hydroxylation is 1. The van der Waals surface area contributed by atoms with E-state index in [0.29, 0.717) is 0 Å². The van der Waals surface area contributed by atoms with Crippen molar-refractivity contribution >= 4 is 24.2 Å². The molecule has 1 unspecified atom stereocenters. The number of allylic oxidation sites excluding steroid dienone is 3. The predicted molar refractivity (Wildman–Crippen MR) is 235 cm³/mol. The van der Waals surface area contributed by atoms with Gasteiger partial charge in [-0.1, -0.05) is 141 Å². The van der Waals surface area contributed by atoms with Crippen LogP contribution in [0, 0.1) is 13.8 Å². The molecular weight excluding hydrogens is 675 g/mol. The lowest BCUT2D eigenvalue weighted by atomic mass is 9.76. The summed E-state index contributed by atoms with van der Waals surface area (Å²) in [5.74, 6) is 0. The molecule has 0 aliphatic heterocycles. The zero-order valence-corrected chi connectivity index (χ0v) is 32.9. The summed E-state index contributed by atoms with van der Waals surface area (Å²) in [7, 11) is 2.05. The Hall–Kier alpha value is -5.55. The lowest BCUT2D eigenvalue weighted by molar-refractivity contribution is 0.506. The van der Waals surface area contributed by atoms with E-state index in [4.69, 9.17) is 11.6 Å². The Balaban J connectivity index is 0.00000245. The van der Waals surface area contributed by atoms with Gasteiger partial charge in [0.15, 0.2) is 0 Å². The van der Waals surface area contributed by atoms with Gasteiger partial charge in [-0.3, -0.25) is 9.98 Å². The van der Waals surface area contributed by atoms with Crippen molar-refractivity contribution in [3.05, 3.63) is 186 Å². The van der Waals surface area contributed by atoms with Crippen molar-refractivity contribution in [3.63, 3.8) is 0 Å². The molecule has 3 nitrogen and oxygen atoms in total. The highest BCUT2D eigenvalue weighted by atomic mass is 32.2. The number of likely N-dealkylation sites (N-methyl/N-ethyl adjacent to an activating group) is 1. The second-order valence-corrected chi connectivity index (χ2v) is 14.3. The minimum atomic E-state index is -0.687. The van der Waals surface area contributed by atoms with Crippen LogP contribution in [0.1, 0.15) is 43.4 Å². The molecule has 270 valence electrons. The molecule has 1 heterocycles. The first-order chi connectivity index (χ1) is 26.4. The molecule has 0 amide bonds. The highest BCUT2D eigenvalue weighted by Gasteiger charge is 2.39. The number of rotatable bonds is 11. The third-order valence-electron chi connectivity index (χ3n) is 10.2. The molecule has 0 spiro atoms. The lowest BCUT2D eigenvalue weighted by Crippen LogP contribution is -2.43. The minimum absolute atomic E-state index is 0.687. The monoisotopic (exact) mass is 723 g/mol. The van der Waals surface area contributed by atoms with Crippen LogP contribution in [0.25, 0.3) is 44.6 Å². The first-order valence-electron chi connectivity index (χ1n) is 18.7. The number of benzene rings is 5. The maximum absolute atomic E-state index is 4.95. The van der Waals surface area contributed by atoms with Crippen LogP contribution < -0.4 is 5.32 Å². The van der Waals surface area contributed by atoms with E-state index in [2.05, 4.69) is 159 Å². The van der Waals surface area contributed by atoms with Gasteiger partial charge in [-0.05, 0) is 127 Å². The number of aromatic nitrogens is 1. The summed E-state index contributed by atoms with van der Waals surface area (Å²) in [4.78, 5) is 11.3. The van der Waals surface area contributed by atoms with Gasteiger partial charge < -0.3 is 5.32 Å². The van der Waals surface area contributed by atoms with E-state index in [1.165, 1.54) is 33.4 Å². The Morgan fingerprint density at radius 3 is 2.15 bits per heavy atom. The smallest absolute Gasteiger partial charge is 0.0965 e. The van der Waals surface area contributed by atoms with Crippen molar-refractivity contribution < 1.29 is 0 Å². The van der Waals surface area contributed by atoms with Gasteiger partial charge >= 0.3 is 0 Å². The number of para-hydroxylation sites is 1. The standard InChI is InChI=1S/C48H43N3S.C2H6/c1-33-17-12-13-22-42(33)44-24-16-23-43(34(44)2)39-29-38(37-27-28-45(51-32-37)36-18-8-6-9-19-36)30-41(31-39)48(50-5,40-20-10-7-11-21-40)35(3)52-47-26-15-14-25-46(47)49-4;1-2/h6-10,12-20,22-32,50H,3-4,11,21H2,1-2,5H3;1-2H3. The molecule has 6 aromatic rings. The van der Waals surface area contributed by atoms with Crippen LogP contribution in [-0.2, 0) is 5.54 Å². The molecule has 0 saturated heterocycles. The van der Waals surface area contributed by atoms with E-state index < -0.39 is 5.54 Å². The van der Waals surface area contributed by atoms with Crippen molar-refractivity contribution in [1.29, 1.82) is 0 Å². The second-order valence-electron chi connectivity index (χ2n) is 13.2. The zero-order valence-electron chi connectivity index (χ0n) is 32.1. The Labute approximate surface area is 326 Å². The van der Waals surface area contributed by atoms with Crippen LogP contribution in [0.5, 0.6) is 0 Å². The summed E-state index contributed by atoms with van der Waals surface area (Å²) in [6, 6.07) is 45.1. The number of hydrogen-bond donors (Lipinski definition) is 1. The Morgan fingerprint density at radius 2 is 1.44 bits per heavy atom. The molecule has 0 bridgehead atoms. The Morgan fingerprint density at radius 1 is 0.741 bits per heavy atom. The molecule has 1 atom stereocenters. The van der Waals surface area contributed by atoms with E-state index >= 15 is 0 Å². The third-order valence-corrected chi connectivity index (χ3v) is 11.3. The molecule has 1 N–H and O–H groups in total. The predicted octanol–water partition coefficient (Wildman–Crippen LogP) is 13.7. The maximum Gasteiger partial charge on any atom is 0.0965 e. The van der Waals surface area contributed by atoms with E-state index in [1.807, 2.05) is 44.3 Å². The lowest BCUT2D eigenvalue weighted by Gasteiger charge is -2.40. The summed E-state index contributed by atoms with van der Waals surface area (Å²) in [5, 5.41) is 3.82. The summed E-state index contributed by atoms with van der Waals surface area (Å²) in [6.45, 7) is 17.1. The van der Waals surface area contributed by atoms with Crippen LogP contribution in [0.15, 0.2) is 179 Å². The first-order valence-corrected chi connectivity index (χ1v) is 19.6. The number of hydrogen-bond acceptors (Lipinski definition) is 4. The highest BCUT2D eigenvalue weighted by Crippen LogP contribution is 2.49. The molecule has 1 aliphatic rings. The van der Waals surface area contributed by atoms with E-state index in [-0.39, 0.29) is 0 Å². The normalized spacial score (nSPS) is 13.2. The molecule has 0 fully saturated rings. The van der Waals surface area contributed by atoms with Gasteiger partial charge in [0.25, 0.3) is 0 Å². The van der Waals surface area contributed by atoms with Crippen molar-refractivity contribution in [3.8, 4) is 44.6 Å². The van der Waals surface area contributed by atoms with Crippen molar-refractivity contribution in [2.75, 3.05) is 7.05 Å². The summed E-state index contributed by atoms with van der Waals surface area (Å²) in [5.41, 5.74) is 14.1. The topological polar surface area (TPSA) is 37.3 Å². The van der Waals surface area contributed by atoms with Gasteiger partial charge in [0.1, 0.15) is 0 Å². The maximum atomic E-state index is 4.95. The Kier molecular flexibility index (Phi) is 12.4. The number of pyridine rings is 1. The largest absolute Gasteiger partial charge is 0.303 e. The average Bonchev–Trinajstić information content (AvgIpc) is 3.23. The number of aliphatic imine (C=N–C) groups is 1. The number of nitrogens with one attached hydrogen (secondary N) is 1. The van der Waals surface area contributed by atoms with E-state index in [9.17, 15) is 0 Å². The SMILES string of the molecule is C=Nc1ccccc1SC(=C)C(NC)(C1=CC=CCC1)c1cc(-c2ccc(-c3ccccc3)nc2)cc(-c2cccc(-c3ccccc3C)c2C)c1.CC. The zero-order chi connectivity index (χ0) is 38.1. The molecule has 1 aromatic heterocycles. The molecule has 5 aromatic carbocycles. The molecule has 0 saturated carbocycles. The first kappa shape index (κ1) is 38.2. The van der Waals surface area contributed by atoms with E-state index in [0.717, 1.165) is 61.8 Å². The van der Waals surface area contributed by atoms with Gasteiger partial charge in [-0.15, -0.1) is 0 Å². The van der Waals surface area contributed by atoms with E-state index in [1.54, 1.807) is 11.8 Å². The van der Waals surface area contributed by atoms with Crippen molar-refractivity contribution in [1.82, 2.24) is 10.3 Å². The Bertz CT molecular complexity index is 2320. The summed E-state index contributed by atoms with van der Waals surface area (Å²) >= 11 is 1.65. The van der Waals surface area contributed by atoms with Crippen molar-refractivity contribution in [2.24, 2.45) is 4.99 Å². The second kappa shape index (κ2) is 17.5. The third kappa shape index (κ3) is 7.72. The fraction of sp³-hybridized carbons (Fsp3) is 0.160. The van der Waals surface area contributed by atoms with Crippen LogP contribution in [0.3, 0.4) is 0 Å². The summed E-state index contributed by atoms with van der Waals surface area (Å²) < 4.78 is 0. The molecular formula is C50H49N3S. The summed E-state index contributed by atoms with van der Waals surface area (Å²) in [6.07, 6.45) is 10.5. The minimum Gasteiger partial charge on any atom is -0.303 e. The van der Waals surface area contributed by atoms with Crippen LogP contribution in [0.4, 0.5) is 5.69 Å². The van der Waals surface area contributed by atoms with Gasteiger partial charge in [0.2, 0.25) is 0 Å². The van der Waals surface area contributed by atoms with Crippen LogP contribution in [0.2, 0.25) is 0 Å². The molecule has 54 heavy (non-hydrogen) atoms.